The summed E-state index contributed by atoms with van der Waals surface area (Å²) in [6.07, 6.45) is 2.73. The zero-order valence-electron chi connectivity index (χ0n) is 15.6. The first-order valence-corrected chi connectivity index (χ1v) is 8.53. The van der Waals surface area contributed by atoms with Crippen molar-refractivity contribution < 1.29 is 14.3 Å². The molecule has 0 fully saturated rings. The summed E-state index contributed by atoms with van der Waals surface area (Å²) in [7, 11) is 3.13. The fourth-order valence-electron chi connectivity index (χ4n) is 3.16. The third kappa shape index (κ3) is 3.67. The third-order valence-corrected chi connectivity index (χ3v) is 4.40. The number of aromatic nitrogens is 1. The van der Waals surface area contributed by atoms with Gasteiger partial charge in [-0.2, -0.15) is 0 Å². The van der Waals surface area contributed by atoms with E-state index in [4.69, 9.17) is 9.47 Å². The molecule has 5 nitrogen and oxygen atoms in total. The van der Waals surface area contributed by atoms with Crippen molar-refractivity contribution in [1.82, 2.24) is 10.3 Å². The first kappa shape index (κ1) is 17.9. The van der Waals surface area contributed by atoms with Crippen LogP contribution in [-0.4, -0.2) is 30.6 Å². The lowest BCUT2D eigenvalue weighted by molar-refractivity contribution is 0.0912. The number of carbonyl (C=O) groups excluding carboxylic acids is 1. The number of rotatable bonds is 6. The van der Waals surface area contributed by atoms with Crippen LogP contribution in [0.25, 0.3) is 10.9 Å². The molecular formula is C21H24N2O3. The maximum atomic E-state index is 12.7. The Bertz CT molecular complexity index is 928. The standard InChI is InChI=1S/C21H24N2O3/c1-21(2,12-15-13-22-17-8-6-5-7-16(15)17)23-20(24)14-9-10-18(25-3)19(11-14)26-4/h5-11,13,22H,12H2,1-4H3,(H,23,24). The van der Waals surface area contributed by atoms with Crippen LogP contribution in [0.4, 0.5) is 0 Å². The average Bonchev–Trinajstić information content (AvgIpc) is 3.03. The summed E-state index contributed by atoms with van der Waals surface area (Å²) >= 11 is 0. The van der Waals surface area contributed by atoms with Gasteiger partial charge < -0.3 is 19.8 Å². The second-order valence-corrected chi connectivity index (χ2v) is 6.94. The van der Waals surface area contributed by atoms with E-state index in [0.29, 0.717) is 17.1 Å². The van der Waals surface area contributed by atoms with Crippen LogP contribution in [0.3, 0.4) is 0 Å². The summed E-state index contributed by atoms with van der Waals surface area (Å²) in [6.45, 7) is 4.04. The number of aromatic amines is 1. The van der Waals surface area contributed by atoms with Crippen LogP contribution in [0.1, 0.15) is 29.8 Å². The second-order valence-electron chi connectivity index (χ2n) is 6.94. The Kier molecular flexibility index (Phi) is 4.89. The van der Waals surface area contributed by atoms with Crippen molar-refractivity contribution in [1.29, 1.82) is 0 Å². The van der Waals surface area contributed by atoms with E-state index >= 15 is 0 Å². The van der Waals surface area contributed by atoms with Crippen LogP contribution in [0.2, 0.25) is 0 Å². The molecule has 5 heteroatoms. The van der Waals surface area contributed by atoms with Crippen molar-refractivity contribution in [3.8, 4) is 11.5 Å². The van der Waals surface area contributed by atoms with Crippen LogP contribution in [0.15, 0.2) is 48.7 Å². The lowest BCUT2D eigenvalue weighted by Gasteiger charge is -2.26. The number of amides is 1. The SMILES string of the molecule is COc1ccc(C(=O)NC(C)(C)Cc2c[nH]c3ccccc23)cc1OC. The number of ether oxygens (including phenoxy) is 2. The number of benzene rings is 2. The van der Waals surface area contributed by atoms with Crippen molar-refractivity contribution >= 4 is 16.8 Å². The number of carbonyl (C=O) groups is 1. The minimum Gasteiger partial charge on any atom is -0.493 e. The zero-order chi connectivity index (χ0) is 18.7. The molecule has 0 atom stereocenters. The Hall–Kier alpha value is -2.95. The van der Waals surface area contributed by atoms with E-state index in [1.165, 1.54) is 10.9 Å². The largest absolute Gasteiger partial charge is 0.493 e. The van der Waals surface area contributed by atoms with Gasteiger partial charge in [-0.05, 0) is 50.1 Å². The Labute approximate surface area is 153 Å². The van der Waals surface area contributed by atoms with Gasteiger partial charge >= 0.3 is 0 Å². The van der Waals surface area contributed by atoms with Crippen LogP contribution in [-0.2, 0) is 6.42 Å². The highest BCUT2D eigenvalue weighted by Crippen LogP contribution is 2.28. The number of H-pyrrole nitrogens is 1. The van der Waals surface area contributed by atoms with Crippen LogP contribution >= 0.6 is 0 Å². The minimum absolute atomic E-state index is 0.143. The molecule has 3 aromatic rings. The Morgan fingerprint density at radius 2 is 1.81 bits per heavy atom. The zero-order valence-corrected chi connectivity index (χ0v) is 15.6. The van der Waals surface area contributed by atoms with Gasteiger partial charge in [-0.25, -0.2) is 0 Å². The van der Waals surface area contributed by atoms with E-state index in [9.17, 15) is 4.79 Å². The molecule has 0 unspecified atom stereocenters. The number of hydrogen-bond donors (Lipinski definition) is 2. The second kappa shape index (κ2) is 7.12. The average molecular weight is 352 g/mol. The van der Waals surface area contributed by atoms with Crippen LogP contribution in [0.5, 0.6) is 11.5 Å². The monoisotopic (exact) mass is 352 g/mol. The van der Waals surface area contributed by atoms with Gasteiger partial charge in [0, 0.05) is 28.2 Å². The highest BCUT2D eigenvalue weighted by atomic mass is 16.5. The summed E-state index contributed by atoms with van der Waals surface area (Å²) in [6, 6.07) is 13.3. The molecule has 136 valence electrons. The topological polar surface area (TPSA) is 63.3 Å². The van der Waals surface area contributed by atoms with Crippen molar-refractivity contribution in [3.63, 3.8) is 0 Å². The molecule has 26 heavy (non-hydrogen) atoms. The first-order valence-electron chi connectivity index (χ1n) is 8.53. The van der Waals surface area contributed by atoms with E-state index < -0.39 is 5.54 Å². The predicted molar refractivity (Wildman–Crippen MR) is 103 cm³/mol. The smallest absolute Gasteiger partial charge is 0.251 e. The molecule has 0 saturated heterocycles. The van der Waals surface area contributed by atoms with E-state index in [1.54, 1.807) is 32.4 Å². The highest BCUT2D eigenvalue weighted by Gasteiger charge is 2.23. The number of hydrogen-bond acceptors (Lipinski definition) is 3. The van der Waals surface area contributed by atoms with Crippen molar-refractivity contribution in [2.24, 2.45) is 0 Å². The third-order valence-electron chi connectivity index (χ3n) is 4.40. The molecule has 0 spiro atoms. The van der Waals surface area contributed by atoms with Gasteiger partial charge in [0.25, 0.3) is 5.91 Å². The maximum absolute atomic E-state index is 12.7. The van der Waals surface area contributed by atoms with E-state index in [2.05, 4.69) is 16.4 Å². The molecule has 0 aliphatic heterocycles. The van der Waals surface area contributed by atoms with Gasteiger partial charge in [-0.3, -0.25) is 4.79 Å². The van der Waals surface area contributed by atoms with Crippen molar-refractivity contribution in [2.75, 3.05) is 14.2 Å². The lowest BCUT2D eigenvalue weighted by atomic mass is 9.94. The normalized spacial score (nSPS) is 11.4. The molecule has 1 amide bonds. The number of fused-ring (bicyclic) bond motifs is 1. The number of nitrogens with one attached hydrogen (secondary N) is 2. The van der Waals surface area contributed by atoms with Gasteiger partial charge in [-0.1, -0.05) is 18.2 Å². The van der Waals surface area contributed by atoms with Gasteiger partial charge in [0.05, 0.1) is 14.2 Å². The van der Waals surface area contributed by atoms with E-state index in [-0.39, 0.29) is 5.91 Å². The van der Waals surface area contributed by atoms with Gasteiger partial charge in [-0.15, -0.1) is 0 Å². The van der Waals surface area contributed by atoms with Gasteiger partial charge in [0.15, 0.2) is 11.5 Å². The molecule has 1 aromatic heterocycles. The summed E-state index contributed by atoms with van der Waals surface area (Å²) in [5, 5.41) is 4.30. The predicted octanol–water partition coefficient (Wildman–Crippen LogP) is 3.94. The molecule has 0 aliphatic rings. The molecule has 3 rings (SSSR count). The molecule has 2 N–H and O–H groups in total. The fraction of sp³-hybridized carbons (Fsp3) is 0.286. The molecule has 1 heterocycles. The number of para-hydroxylation sites is 1. The summed E-state index contributed by atoms with van der Waals surface area (Å²) in [4.78, 5) is 16.0. The minimum atomic E-state index is -0.408. The molecule has 0 bridgehead atoms. The van der Waals surface area contributed by atoms with E-state index in [1.807, 2.05) is 38.2 Å². The fourth-order valence-corrected chi connectivity index (χ4v) is 3.16. The lowest BCUT2D eigenvalue weighted by Crippen LogP contribution is -2.45. The molecule has 0 radical (unpaired) electrons. The van der Waals surface area contributed by atoms with Gasteiger partial charge in [0.1, 0.15) is 0 Å². The van der Waals surface area contributed by atoms with Crippen molar-refractivity contribution in [2.45, 2.75) is 25.8 Å². The Morgan fingerprint density at radius 3 is 2.54 bits per heavy atom. The quantitative estimate of drug-likeness (QED) is 0.706. The Balaban J connectivity index is 1.77. The summed E-state index contributed by atoms with van der Waals surface area (Å²) in [5.74, 6) is 0.993. The summed E-state index contributed by atoms with van der Waals surface area (Å²) in [5.41, 5.74) is 2.41. The molecule has 2 aromatic carbocycles. The summed E-state index contributed by atoms with van der Waals surface area (Å²) < 4.78 is 10.5. The Morgan fingerprint density at radius 1 is 1.08 bits per heavy atom. The van der Waals surface area contributed by atoms with Crippen molar-refractivity contribution in [3.05, 3.63) is 59.8 Å². The van der Waals surface area contributed by atoms with Crippen LogP contribution in [0, 0.1) is 0 Å². The maximum Gasteiger partial charge on any atom is 0.251 e. The van der Waals surface area contributed by atoms with Gasteiger partial charge in [0.2, 0.25) is 0 Å². The highest BCUT2D eigenvalue weighted by molar-refractivity contribution is 5.95. The van der Waals surface area contributed by atoms with Crippen LogP contribution < -0.4 is 14.8 Å². The molecule has 0 aliphatic carbocycles. The molecule has 0 saturated carbocycles. The number of methoxy groups -OCH3 is 2. The molecular weight excluding hydrogens is 328 g/mol. The van der Waals surface area contributed by atoms with E-state index in [0.717, 1.165) is 11.9 Å². The first-order chi connectivity index (χ1) is 12.4.